The molecule has 0 saturated heterocycles. The standard InChI is InChI=1S/C13H6BrFN2O3/c14-9-1-3-13(11(6-9)17(18)19)20-12-4-2-10(15)5-8(12)7-16/h1-6H. The van der Waals surface area contributed by atoms with Crippen molar-refractivity contribution in [2.75, 3.05) is 0 Å². The smallest absolute Gasteiger partial charge is 0.312 e. The van der Waals surface area contributed by atoms with Gasteiger partial charge in [-0.2, -0.15) is 5.26 Å². The van der Waals surface area contributed by atoms with Crippen LogP contribution in [0.15, 0.2) is 40.9 Å². The van der Waals surface area contributed by atoms with Crippen LogP contribution in [0.25, 0.3) is 0 Å². The quantitative estimate of drug-likeness (QED) is 0.622. The molecule has 0 saturated carbocycles. The van der Waals surface area contributed by atoms with Crippen molar-refractivity contribution in [1.82, 2.24) is 0 Å². The van der Waals surface area contributed by atoms with Crippen LogP contribution in [0.5, 0.6) is 11.5 Å². The lowest BCUT2D eigenvalue weighted by atomic mass is 10.2. The van der Waals surface area contributed by atoms with Gasteiger partial charge in [0.25, 0.3) is 0 Å². The fraction of sp³-hybridized carbons (Fsp3) is 0. The van der Waals surface area contributed by atoms with Crippen LogP contribution in [-0.4, -0.2) is 4.92 Å². The molecular formula is C13H6BrFN2O3. The highest BCUT2D eigenvalue weighted by Crippen LogP contribution is 2.34. The Labute approximate surface area is 121 Å². The molecule has 0 atom stereocenters. The van der Waals surface area contributed by atoms with Crippen molar-refractivity contribution >= 4 is 21.6 Å². The van der Waals surface area contributed by atoms with E-state index in [9.17, 15) is 14.5 Å². The van der Waals surface area contributed by atoms with E-state index >= 15 is 0 Å². The maximum absolute atomic E-state index is 13.0. The van der Waals surface area contributed by atoms with Gasteiger partial charge in [-0.15, -0.1) is 0 Å². The van der Waals surface area contributed by atoms with Gasteiger partial charge in [-0.1, -0.05) is 15.9 Å². The predicted molar refractivity (Wildman–Crippen MR) is 72.0 cm³/mol. The van der Waals surface area contributed by atoms with E-state index in [0.29, 0.717) is 4.47 Å². The minimum atomic E-state index is -0.602. The minimum absolute atomic E-state index is 0.0266. The van der Waals surface area contributed by atoms with Crippen LogP contribution in [0.2, 0.25) is 0 Å². The Morgan fingerprint density at radius 2 is 1.95 bits per heavy atom. The maximum Gasteiger partial charge on any atom is 0.312 e. The highest BCUT2D eigenvalue weighted by Gasteiger charge is 2.17. The molecule has 100 valence electrons. The Bertz CT molecular complexity index is 728. The van der Waals surface area contributed by atoms with Gasteiger partial charge >= 0.3 is 5.69 Å². The first kappa shape index (κ1) is 14.0. The number of nitriles is 1. The molecule has 2 aromatic rings. The van der Waals surface area contributed by atoms with Crippen LogP contribution in [0.3, 0.4) is 0 Å². The first-order chi connectivity index (χ1) is 9.51. The summed E-state index contributed by atoms with van der Waals surface area (Å²) in [6.07, 6.45) is 0. The second-order valence-corrected chi connectivity index (χ2v) is 4.64. The van der Waals surface area contributed by atoms with Crippen LogP contribution < -0.4 is 4.74 Å². The summed E-state index contributed by atoms with van der Waals surface area (Å²) in [5, 5.41) is 19.9. The van der Waals surface area contributed by atoms with Gasteiger partial charge < -0.3 is 4.74 Å². The molecule has 0 aliphatic rings. The second kappa shape index (κ2) is 5.67. The fourth-order valence-corrected chi connectivity index (χ4v) is 1.87. The molecule has 0 fully saturated rings. The molecule has 5 nitrogen and oxygen atoms in total. The predicted octanol–water partition coefficient (Wildman–Crippen LogP) is 4.16. The Morgan fingerprint density at radius 3 is 2.60 bits per heavy atom. The van der Waals surface area contributed by atoms with Crippen molar-refractivity contribution in [2.45, 2.75) is 0 Å². The maximum atomic E-state index is 13.0. The number of rotatable bonds is 3. The van der Waals surface area contributed by atoms with E-state index in [-0.39, 0.29) is 22.7 Å². The van der Waals surface area contributed by atoms with Crippen molar-refractivity contribution in [1.29, 1.82) is 5.26 Å². The number of nitro benzene ring substituents is 1. The van der Waals surface area contributed by atoms with Crippen LogP contribution in [0, 0.1) is 27.3 Å². The van der Waals surface area contributed by atoms with Crippen molar-refractivity contribution in [3.05, 3.63) is 62.4 Å². The zero-order valence-electron chi connectivity index (χ0n) is 9.84. The van der Waals surface area contributed by atoms with Crippen molar-refractivity contribution in [3.8, 4) is 17.6 Å². The summed E-state index contributed by atoms with van der Waals surface area (Å²) >= 11 is 3.13. The van der Waals surface area contributed by atoms with Gasteiger partial charge in [-0.25, -0.2) is 4.39 Å². The number of ether oxygens (including phenoxy) is 1. The first-order valence-electron chi connectivity index (χ1n) is 5.32. The molecule has 0 aliphatic heterocycles. The number of halogens is 2. The largest absolute Gasteiger partial charge is 0.449 e. The SMILES string of the molecule is N#Cc1cc(F)ccc1Oc1ccc(Br)cc1[N+](=O)[O-]. The Morgan fingerprint density at radius 1 is 1.25 bits per heavy atom. The molecule has 0 N–H and O–H groups in total. The van der Waals surface area contributed by atoms with Gasteiger partial charge in [-0.05, 0) is 30.3 Å². The molecule has 0 aromatic heterocycles. The molecule has 7 heteroatoms. The van der Waals surface area contributed by atoms with E-state index in [1.165, 1.54) is 18.2 Å². The van der Waals surface area contributed by atoms with Crippen molar-refractivity contribution in [2.24, 2.45) is 0 Å². The summed E-state index contributed by atoms with van der Waals surface area (Å²) in [4.78, 5) is 10.4. The second-order valence-electron chi connectivity index (χ2n) is 3.72. The number of hydrogen-bond acceptors (Lipinski definition) is 4. The summed E-state index contributed by atoms with van der Waals surface area (Å²) < 4.78 is 18.9. The molecule has 20 heavy (non-hydrogen) atoms. The van der Waals surface area contributed by atoms with E-state index in [4.69, 9.17) is 10.00 Å². The molecule has 2 rings (SSSR count). The summed E-state index contributed by atoms with van der Waals surface area (Å²) in [5.41, 5.74) is -0.296. The molecule has 2 aromatic carbocycles. The normalized spacial score (nSPS) is 9.85. The summed E-state index contributed by atoms with van der Waals surface area (Å²) in [6.45, 7) is 0. The van der Waals surface area contributed by atoms with E-state index in [2.05, 4.69) is 15.9 Å². The van der Waals surface area contributed by atoms with Crippen molar-refractivity contribution < 1.29 is 14.1 Å². The third-order valence-electron chi connectivity index (χ3n) is 2.40. The van der Waals surface area contributed by atoms with E-state index < -0.39 is 10.7 Å². The Hall–Kier alpha value is -2.46. The zero-order valence-corrected chi connectivity index (χ0v) is 11.4. The average Bonchev–Trinajstić information content (AvgIpc) is 2.42. The lowest BCUT2D eigenvalue weighted by molar-refractivity contribution is -0.385. The first-order valence-corrected chi connectivity index (χ1v) is 6.12. The number of nitro groups is 1. The summed E-state index contributed by atoms with van der Waals surface area (Å²) in [7, 11) is 0. The van der Waals surface area contributed by atoms with Crippen LogP contribution in [0.4, 0.5) is 10.1 Å². The molecule has 0 aliphatic carbocycles. The molecule has 0 bridgehead atoms. The third-order valence-corrected chi connectivity index (χ3v) is 2.89. The average molecular weight is 337 g/mol. The Balaban J connectivity index is 2.45. The molecule has 0 radical (unpaired) electrons. The zero-order chi connectivity index (χ0) is 14.7. The third kappa shape index (κ3) is 2.92. The Kier molecular flexibility index (Phi) is 3.96. The molecule has 0 unspecified atom stereocenters. The highest BCUT2D eigenvalue weighted by molar-refractivity contribution is 9.10. The highest BCUT2D eigenvalue weighted by atomic mass is 79.9. The molecule has 0 spiro atoms. The van der Waals surface area contributed by atoms with E-state index in [1.807, 2.05) is 0 Å². The molecule has 0 amide bonds. The fourth-order valence-electron chi connectivity index (χ4n) is 1.52. The topological polar surface area (TPSA) is 76.2 Å². The van der Waals surface area contributed by atoms with Gasteiger partial charge in [0.1, 0.15) is 17.6 Å². The summed E-state index contributed by atoms with van der Waals surface area (Å²) in [6, 6.07) is 9.38. The summed E-state index contributed by atoms with van der Waals surface area (Å²) in [5.74, 6) is -0.556. The number of benzene rings is 2. The number of hydrogen-bond donors (Lipinski definition) is 0. The van der Waals surface area contributed by atoms with Crippen LogP contribution in [-0.2, 0) is 0 Å². The molecular weight excluding hydrogens is 331 g/mol. The van der Waals surface area contributed by atoms with Gasteiger partial charge in [-0.3, -0.25) is 10.1 Å². The van der Waals surface area contributed by atoms with Gasteiger partial charge in [0.15, 0.2) is 0 Å². The van der Waals surface area contributed by atoms with Crippen LogP contribution >= 0.6 is 15.9 Å². The lowest BCUT2D eigenvalue weighted by Crippen LogP contribution is -1.95. The molecule has 0 heterocycles. The van der Waals surface area contributed by atoms with Crippen LogP contribution in [0.1, 0.15) is 5.56 Å². The van der Waals surface area contributed by atoms with Gasteiger partial charge in [0, 0.05) is 10.5 Å². The van der Waals surface area contributed by atoms with Crippen molar-refractivity contribution in [3.63, 3.8) is 0 Å². The number of nitrogens with zero attached hydrogens (tertiary/aromatic N) is 2. The van der Waals surface area contributed by atoms with E-state index in [0.717, 1.165) is 12.1 Å². The van der Waals surface area contributed by atoms with E-state index in [1.54, 1.807) is 12.1 Å². The van der Waals surface area contributed by atoms with Gasteiger partial charge in [0.2, 0.25) is 5.75 Å². The monoisotopic (exact) mass is 336 g/mol. The van der Waals surface area contributed by atoms with Gasteiger partial charge in [0.05, 0.1) is 10.5 Å². The lowest BCUT2D eigenvalue weighted by Gasteiger charge is -2.08. The minimum Gasteiger partial charge on any atom is -0.449 e.